The number of aliphatic hydroxyl groups is 1. The van der Waals surface area contributed by atoms with E-state index in [2.05, 4.69) is 23.7 Å². The van der Waals surface area contributed by atoms with Crippen LogP contribution in [0.2, 0.25) is 0 Å². The number of rotatable bonds is 4. The maximum atomic E-state index is 12.4. The first-order valence-electron chi connectivity index (χ1n) is 6.95. The molecule has 1 unspecified atom stereocenters. The lowest BCUT2D eigenvalue weighted by Gasteiger charge is -2.24. The second kappa shape index (κ2) is 6.53. The summed E-state index contributed by atoms with van der Waals surface area (Å²) in [5, 5.41) is 8.70. The molecule has 106 valence electrons. The molecule has 0 spiro atoms. The summed E-state index contributed by atoms with van der Waals surface area (Å²) in [4.78, 5) is 18.3. The molecule has 2 rings (SSSR count). The van der Waals surface area contributed by atoms with Gasteiger partial charge in [0.1, 0.15) is 0 Å². The van der Waals surface area contributed by atoms with Crippen molar-refractivity contribution in [2.24, 2.45) is 5.92 Å². The van der Waals surface area contributed by atoms with Crippen molar-refractivity contribution >= 4 is 5.91 Å². The summed E-state index contributed by atoms with van der Waals surface area (Å²) in [5.41, 5.74) is 1.27. The summed E-state index contributed by atoms with van der Waals surface area (Å²) in [7, 11) is 1.84. The largest absolute Gasteiger partial charge is 0.395 e. The lowest BCUT2D eigenvalue weighted by molar-refractivity contribution is 0.0727. The molecule has 1 aliphatic rings. The van der Waals surface area contributed by atoms with Gasteiger partial charge in [0.05, 0.1) is 12.2 Å². The highest BCUT2D eigenvalue weighted by molar-refractivity contribution is 5.94. The Morgan fingerprint density at radius 2 is 2.30 bits per heavy atom. The van der Waals surface area contributed by atoms with E-state index in [-0.39, 0.29) is 18.6 Å². The number of aromatic nitrogens is 1. The van der Waals surface area contributed by atoms with Crippen LogP contribution in [-0.4, -0.2) is 40.6 Å². The summed E-state index contributed by atoms with van der Waals surface area (Å²) < 4.78 is 0. The Kier molecular flexibility index (Phi) is 4.75. The van der Waals surface area contributed by atoms with E-state index in [9.17, 15) is 4.79 Å². The Hall–Kier alpha value is -1.86. The molecule has 1 aromatic rings. The van der Waals surface area contributed by atoms with Crippen LogP contribution in [0.4, 0.5) is 0 Å². The number of hydrogen-bond acceptors (Lipinski definition) is 3. The van der Waals surface area contributed by atoms with E-state index in [1.165, 1.54) is 12.8 Å². The maximum absolute atomic E-state index is 12.4. The monoisotopic (exact) mass is 272 g/mol. The fourth-order valence-corrected chi connectivity index (χ4v) is 2.13. The Labute approximate surface area is 119 Å². The van der Waals surface area contributed by atoms with Crippen LogP contribution in [0.25, 0.3) is 0 Å². The normalized spacial score (nSPS) is 15.2. The highest BCUT2D eigenvalue weighted by Crippen LogP contribution is 2.35. The number of pyridine rings is 1. The minimum Gasteiger partial charge on any atom is -0.395 e. The number of hydrogen-bond donors (Lipinski definition) is 1. The number of carbonyl (C=O) groups excluding carboxylic acids is 1. The van der Waals surface area contributed by atoms with Crippen molar-refractivity contribution in [1.82, 2.24) is 9.88 Å². The SMILES string of the molecule is CC(C1CC1)N(C)C(=O)c1cncc(C#CCCO)c1. The quantitative estimate of drug-likeness (QED) is 0.849. The number of carbonyl (C=O) groups is 1. The standard InChI is InChI=1S/C16H20N2O2/c1-12(14-6-7-14)18(2)16(20)15-9-13(10-17-11-15)5-3-4-8-19/h9-12,14,19H,4,6-8H2,1-2H3. The third-order valence-electron chi connectivity index (χ3n) is 3.69. The van der Waals surface area contributed by atoms with Crippen LogP contribution in [0.5, 0.6) is 0 Å². The molecule has 0 saturated heterocycles. The van der Waals surface area contributed by atoms with Crippen molar-refractivity contribution in [3.05, 3.63) is 29.6 Å². The minimum atomic E-state index is -0.0114. The smallest absolute Gasteiger partial charge is 0.255 e. The fraction of sp³-hybridized carbons (Fsp3) is 0.500. The van der Waals surface area contributed by atoms with Crippen LogP contribution >= 0.6 is 0 Å². The van der Waals surface area contributed by atoms with Crippen molar-refractivity contribution in [3.63, 3.8) is 0 Å². The van der Waals surface area contributed by atoms with Crippen molar-refractivity contribution in [2.45, 2.75) is 32.2 Å². The van der Waals surface area contributed by atoms with Gasteiger partial charge < -0.3 is 10.0 Å². The van der Waals surface area contributed by atoms with E-state index in [4.69, 9.17) is 5.11 Å². The van der Waals surface area contributed by atoms with E-state index >= 15 is 0 Å². The van der Waals surface area contributed by atoms with Gasteiger partial charge in [-0.15, -0.1) is 0 Å². The molecule has 1 fully saturated rings. The first kappa shape index (κ1) is 14.5. The third kappa shape index (κ3) is 3.58. The lowest BCUT2D eigenvalue weighted by atomic mass is 10.1. The Morgan fingerprint density at radius 3 is 2.95 bits per heavy atom. The van der Waals surface area contributed by atoms with Crippen molar-refractivity contribution < 1.29 is 9.90 Å². The van der Waals surface area contributed by atoms with Crippen molar-refractivity contribution in [1.29, 1.82) is 0 Å². The summed E-state index contributed by atoms with van der Waals surface area (Å²) in [6, 6.07) is 2.03. The van der Waals surface area contributed by atoms with Crippen LogP contribution in [-0.2, 0) is 0 Å². The average Bonchev–Trinajstić information content (AvgIpc) is 3.30. The van der Waals surface area contributed by atoms with E-state index in [1.807, 2.05) is 7.05 Å². The predicted molar refractivity (Wildman–Crippen MR) is 77.1 cm³/mol. The van der Waals surface area contributed by atoms with Crippen LogP contribution in [0.1, 0.15) is 42.1 Å². The summed E-state index contributed by atoms with van der Waals surface area (Å²) in [5.74, 6) is 6.37. The van der Waals surface area contributed by atoms with Crippen LogP contribution < -0.4 is 0 Å². The summed E-state index contributed by atoms with van der Waals surface area (Å²) in [6.45, 7) is 2.13. The molecule has 1 saturated carbocycles. The van der Waals surface area contributed by atoms with Gasteiger partial charge in [-0.3, -0.25) is 9.78 Å². The zero-order chi connectivity index (χ0) is 14.5. The molecule has 0 radical (unpaired) electrons. The Balaban J connectivity index is 2.09. The van der Waals surface area contributed by atoms with Gasteiger partial charge in [0.15, 0.2) is 0 Å². The van der Waals surface area contributed by atoms with Crippen LogP contribution in [0.3, 0.4) is 0 Å². The molecular formula is C16H20N2O2. The molecule has 0 aromatic carbocycles. The third-order valence-corrected chi connectivity index (χ3v) is 3.69. The lowest BCUT2D eigenvalue weighted by Crippen LogP contribution is -2.36. The Bertz CT molecular complexity index is 541. The maximum Gasteiger partial charge on any atom is 0.255 e. The van der Waals surface area contributed by atoms with Gasteiger partial charge in [0.2, 0.25) is 0 Å². The minimum absolute atomic E-state index is 0.0114. The second-order valence-electron chi connectivity index (χ2n) is 5.23. The Morgan fingerprint density at radius 1 is 1.55 bits per heavy atom. The molecule has 0 aliphatic heterocycles. The van der Waals surface area contributed by atoms with Crippen LogP contribution in [0, 0.1) is 17.8 Å². The molecule has 1 aromatic heterocycles. The molecule has 1 heterocycles. The topological polar surface area (TPSA) is 53.4 Å². The zero-order valence-electron chi connectivity index (χ0n) is 12.0. The molecule has 4 heteroatoms. The molecule has 1 N–H and O–H groups in total. The molecule has 4 nitrogen and oxygen atoms in total. The molecule has 20 heavy (non-hydrogen) atoms. The first-order chi connectivity index (χ1) is 9.63. The number of nitrogens with zero attached hydrogens (tertiary/aromatic N) is 2. The average molecular weight is 272 g/mol. The van der Waals surface area contributed by atoms with Gasteiger partial charge in [-0.05, 0) is 31.7 Å². The van der Waals surface area contributed by atoms with Gasteiger partial charge in [-0.1, -0.05) is 11.8 Å². The highest BCUT2D eigenvalue weighted by Gasteiger charge is 2.32. The fourth-order valence-electron chi connectivity index (χ4n) is 2.13. The highest BCUT2D eigenvalue weighted by atomic mass is 16.2. The van der Waals surface area contributed by atoms with Crippen molar-refractivity contribution in [3.8, 4) is 11.8 Å². The zero-order valence-corrected chi connectivity index (χ0v) is 12.0. The van der Waals surface area contributed by atoms with Gasteiger partial charge >= 0.3 is 0 Å². The van der Waals surface area contributed by atoms with Gasteiger partial charge in [0.25, 0.3) is 5.91 Å². The van der Waals surface area contributed by atoms with E-state index < -0.39 is 0 Å². The number of aliphatic hydroxyl groups excluding tert-OH is 1. The second-order valence-corrected chi connectivity index (χ2v) is 5.23. The molecule has 0 bridgehead atoms. The predicted octanol–water partition coefficient (Wildman–Crippen LogP) is 1.69. The summed E-state index contributed by atoms with van der Waals surface area (Å²) in [6.07, 6.45) is 6.06. The molecule has 1 amide bonds. The first-order valence-corrected chi connectivity index (χ1v) is 6.95. The van der Waals surface area contributed by atoms with E-state index in [0.717, 1.165) is 0 Å². The van der Waals surface area contributed by atoms with Crippen LogP contribution in [0.15, 0.2) is 18.5 Å². The number of amides is 1. The molecule has 1 aliphatic carbocycles. The molecular weight excluding hydrogens is 252 g/mol. The molecule has 1 atom stereocenters. The van der Waals surface area contributed by atoms with Gasteiger partial charge in [-0.2, -0.15) is 0 Å². The van der Waals surface area contributed by atoms with Gasteiger partial charge in [-0.25, -0.2) is 0 Å². The summed E-state index contributed by atoms with van der Waals surface area (Å²) >= 11 is 0. The van der Waals surface area contributed by atoms with E-state index in [1.54, 1.807) is 23.4 Å². The van der Waals surface area contributed by atoms with E-state index in [0.29, 0.717) is 23.5 Å². The van der Waals surface area contributed by atoms with Crippen molar-refractivity contribution in [2.75, 3.05) is 13.7 Å². The van der Waals surface area contributed by atoms with Gasteiger partial charge in [0, 0.05) is 37.5 Å².